The molecule has 0 spiro atoms. The van der Waals surface area contributed by atoms with Gasteiger partial charge in [-0.15, -0.1) is 21.5 Å². The normalized spacial score (nSPS) is 18.7. The highest BCUT2D eigenvalue weighted by Gasteiger charge is 2.33. The molecular formula is C21H20Cl2N4OS3. The number of nitrogens with zero attached hydrogens (tertiary/aromatic N) is 4. The maximum Gasteiger partial charge on any atom is 0.198 e. The summed E-state index contributed by atoms with van der Waals surface area (Å²) >= 11 is 17.6. The van der Waals surface area contributed by atoms with Crippen molar-refractivity contribution in [2.45, 2.75) is 55.0 Å². The number of hydrogen-bond donors (Lipinski definition) is 0. The molecule has 0 fully saturated rings. The molecule has 1 aliphatic heterocycles. The molecule has 5 nitrogen and oxygen atoms in total. The van der Waals surface area contributed by atoms with Crippen LogP contribution in [0, 0.1) is 0 Å². The van der Waals surface area contributed by atoms with E-state index < -0.39 is 0 Å². The molecule has 4 aromatic rings. The maximum atomic E-state index is 6.36. The Balaban J connectivity index is 1.62. The topological polar surface area (TPSA) is 52.3 Å². The van der Waals surface area contributed by atoms with Crippen LogP contribution >= 0.6 is 58.1 Å². The highest BCUT2D eigenvalue weighted by atomic mass is 35.5. The number of benzene rings is 1. The van der Waals surface area contributed by atoms with Crippen molar-refractivity contribution in [1.82, 2.24) is 19.6 Å². The van der Waals surface area contributed by atoms with Crippen LogP contribution in [0.15, 0.2) is 28.5 Å². The fourth-order valence-electron chi connectivity index (χ4n) is 3.78. The van der Waals surface area contributed by atoms with E-state index in [1.54, 1.807) is 34.9 Å². The lowest BCUT2D eigenvalue weighted by molar-refractivity contribution is -0.0542. The zero-order chi connectivity index (χ0) is 21.8. The molecule has 0 unspecified atom stereocenters. The van der Waals surface area contributed by atoms with Gasteiger partial charge in [-0.3, -0.25) is 0 Å². The molecule has 0 amide bonds. The molecule has 0 radical (unpaired) electrons. The molecule has 162 valence electrons. The Hall–Kier alpha value is -1.03. The van der Waals surface area contributed by atoms with Crippen molar-refractivity contribution < 1.29 is 4.74 Å². The molecule has 0 aliphatic carbocycles. The number of rotatable bonds is 5. The first-order valence-electron chi connectivity index (χ1n) is 9.87. The summed E-state index contributed by atoms with van der Waals surface area (Å²) in [6.45, 7) is 4.98. The van der Waals surface area contributed by atoms with Gasteiger partial charge in [0, 0.05) is 27.1 Å². The molecule has 0 saturated carbocycles. The molecule has 1 atom stereocenters. The summed E-state index contributed by atoms with van der Waals surface area (Å²) in [7, 11) is 0. The van der Waals surface area contributed by atoms with E-state index >= 15 is 0 Å². The van der Waals surface area contributed by atoms with Crippen molar-refractivity contribution >= 4 is 73.9 Å². The fourth-order valence-corrected chi connectivity index (χ4v) is 7.21. The van der Waals surface area contributed by atoms with Crippen LogP contribution in [0.2, 0.25) is 10.0 Å². The van der Waals surface area contributed by atoms with Crippen LogP contribution in [0.3, 0.4) is 0 Å². The summed E-state index contributed by atoms with van der Waals surface area (Å²) in [5.74, 6) is 0.606. The zero-order valence-corrected chi connectivity index (χ0v) is 21.2. The molecule has 4 heterocycles. The number of thiophene rings is 1. The molecule has 31 heavy (non-hydrogen) atoms. The highest BCUT2D eigenvalue weighted by molar-refractivity contribution is 7.99. The Morgan fingerprint density at radius 3 is 2.71 bits per heavy atom. The van der Waals surface area contributed by atoms with Gasteiger partial charge in [0.1, 0.15) is 4.83 Å². The quantitative estimate of drug-likeness (QED) is 0.215. The third kappa shape index (κ3) is 3.75. The van der Waals surface area contributed by atoms with Gasteiger partial charge >= 0.3 is 0 Å². The van der Waals surface area contributed by atoms with Gasteiger partial charge in [-0.1, -0.05) is 59.7 Å². The molecule has 10 heteroatoms. The van der Waals surface area contributed by atoms with Gasteiger partial charge in [-0.25, -0.2) is 9.38 Å². The van der Waals surface area contributed by atoms with Crippen LogP contribution in [0.1, 0.15) is 36.3 Å². The van der Waals surface area contributed by atoms with Gasteiger partial charge in [-0.2, -0.15) is 0 Å². The third-order valence-corrected chi connectivity index (χ3v) is 9.16. The van der Waals surface area contributed by atoms with Crippen LogP contribution in [0.4, 0.5) is 0 Å². The number of halogens is 2. The van der Waals surface area contributed by atoms with Crippen molar-refractivity contribution in [3.63, 3.8) is 0 Å². The number of hydrogen-bond acceptors (Lipinski definition) is 7. The monoisotopic (exact) mass is 510 g/mol. The second kappa shape index (κ2) is 8.39. The van der Waals surface area contributed by atoms with Crippen LogP contribution in [-0.2, 0) is 23.5 Å². The Morgan fingerprint density at radius 1 is 1.23 bits per heavy atom. The number of thioether (sulfide) groups is 2. The van der Waals surface area contributed by atoms with Crippen LogP contribution in [0.25, 0.3) is 15.9 Å². The Bertz CT molecular complexity index is 1280. The summed E-state index contributed by atoms with van der Waals surface area (Å²) in [4.78, 5) is 7.21. The SMILES string of the molecule is CC[C@]1(C)Cc2c(sc3nc(SC)n4c(SCc5c(Cl)cccc5Cl)nnc4c23)CO1. The zero-order valence-electron chi connectivity index (χ0n) is 17.2. The van der Waals surface area contributed by atoms with Gasteiger partial charge in [-0.05, 0) is 42.9 Å². The van der Waals surface area contributed by atoms with Gasteiger partial charge < -0.3 is 4.74 Å². The first-order chi connectivity index (χ1) is 14.9. The summed E-state index contributed by atoms with van der Waals surface area (Å²) in [6.07, 6.45) is 3.85. The minimum Gasteiger partial charge on any atom is -0.369 e. The Morgan fingerprint density at radius 2 is 2.00 bits per heavy atom. The van der Waals surface area contributed by atoms with Gasteiger partial charge in [0.25, 0.3) is 0 Å². The van der Waals surface area contributed by atoms with E-state index in [9.17, 15) is 0 Å². The standard InChI is InChI=1S/C21H20Cl2N4OS3/c1-4-21(2)8-11-15(9-28-21)31-18-16(11)17-25-26-20(27(17)19(24-18)29-3)30-10-12-13(22)6-5-7-14(12)23/h5-7H,4,8-10H2,1-3H3/t21-/m1/s1. The first-order valence-corrected chi connectivity index (χ1v) is 13.7. The van der Waals surface area contributed by atoms with Crippen molar-refractivity contribution in [2.75, 3.05) is 6.26 Å². The molecule has 5 rings (SSSR count). The smallest absolute Gasteiger partial charge is 0.198 e. The minimum absolute atomic E-state index is 0.158. The Labute approximate surface area is 202 Å². The minimum atomic E-state index is -0.158. The largest absolute Gasteiger partial charge is 0.369 e. The van der Waals surface area contributed by atoms with E-state index in [0.29, 0.717) is 22.4 Å². The van der Waals surface area contributed by atoms with E-state index in [2.05, 4.69) is 28.4 Å². The van der Waals surface area contributed by atoms with Gasteiger partial charge in [0.05, 0.1) is 17.6 Å². The molecule has 3 aromatic heterocycles. The fraction of sp³-hybridized carbons (Fsp3) is 0.381. The summed E-state index contributed by atoms with van der Waals surface area (Å²) in [5, 5.41) is 13.2. The van der Waals surface area contributed by atoms with E-state index in [4.69, 9.17) is 32.9 Å². The highest BCUT2D eigenvalue weighted by Crippen LogP contribution is 2.42. The molecule has 0 N–H and O–H groups in total. The van der Waals surface area contributed by atoms with Crippen molar-refractivity contribution in [1.29, 1.82) is 0 Å². The second-order valence-electron chi connectivity index (χ2n) is 7.68. The van der Waals surface area contributed by atoms with E-state index in [0.717, 1.165) is 44.6 Å². The second-order valence-corrected chi connectivity index (χ2v) is 11.3. The average molecular weight is 512 g/mol. The lowest BCUT2D eigenvalue weighted by Crippen LogP contribution is -2.33. The van der Waals surface area contributed by atoms with Crippen molar-refractivity contribution in [3.8, 4) is 0 Å². The first kappa shape index (κ1) is 21.8. The molecule has 1 aliphatic rings. The molecule has 0 bridgehead atoms. The average Bonchev–Trinajstić information content (AvgIpc) is 3.33. The lowest BCUT2D eigenvalue weighted by atomic mass is 9.90. The summed E-state index contributed by atoms with van der Waals surface area (Å²) in [6, 6.07) is 5.56. The predicted molar refractivity (Wildman–Crippen MR) is 131 cm³/mol. The summed E-state index contributed by atoms with van der Waals surface area (Å²) in [5.41, 5.74) is 2.91. The lowest BCUT2D eigenvalue weighted by Gasteiger charge is -2.32. The third-order valence-electron chi connectivity index (χ3n) is 5.76. The predicted octanol–water partition coefficient (Wildman–Crippen LogP) is 6.90. The Kier molecular flexibility index (Phi) is 5.90. The molecule has 1 aromatic carbocycles. The van der Waals surface area contributed by atoms with E-state index in [-0.39, 0.29) is 5.60 Å². The number of fused-ring (bicyclic) bond motifs is 5. The van der Waals surface area contributed by atoms with Gasteiger partial charge in [0.15, 0.2) is 16.0 Å². The van der Waals surface area contributed by atoms with Crippen molar-refractivity contribution in [2.24, 2.45) is 0 Å². The van der Waals surface area contributed by atoms with Gasteiger partial charge in [0.2, 0.25) is 0 Å². The van der Waals surface area contributed by atoms with Crippen LogP contribution < -0.4 is 0 Å². The molecular weight excluding hydrogens is 491 g/mol. The molecule has 0 saturated heterocycles. The van der Waals surface area contributed by atoms with E-state index in [1.807, 2.05) is 24.5 Å². The van der Waals surface area contributed by atoms with Crippen LogP contribution in [-0.4, -0.2) is 31.4 Å². The summed E-state index contributed by atoms with van der Waals surface area (Å²) < 4.78 is 8.22. The number of ether oxygens (including phenoxy) is 1. The van der Waals surface area contributed by atoms with Crippen molar-refractivity contribution in [3.05, 3.63) is 44.2 Å². The van der Waals surface area contributed by atoms with E-state index in [1.165, 1.54) is 10.4 Å². The maximum absolute atomic E-state index is 6.36. The van der Waals surface area contributed by atoms with Crippen LogP contribution in [0.5, 0.6) is 0 Å². The number of aromatic nitrogens is 4.